The third kappa shape index (κ3) is 3.02. The van der Waals surface area contributed by atoms with Crippen molar-refractivity contribution in [3.8, 4) is 6.07 Å². The Morgan fingerprint density at radius 3 is 3.12 bits per heavy atom. The maximum atomic E-state index is 8.80. The molecular weight excluding hydrogens is 228 g/mol. The molecule has 0 amide bonds. The van der Waals surface area contributed by atoms with E-state index in [4.69, 9.17) is 5.26 Å². The van der Waals surface area contributed by atoms with Crippen molar-refractivity contribution in [3.63, 3.8) is 0 Å². The lowest BCUT2D eigenvalue weighted by Gasteiger charge is -2.29. The number of nitriles is 1. The summed E-state index contributed by atoms with van der Waals surface area (Å²) in [6.07, 6.45) is 1.61. The molecule has 1 aromatic rings. The van der Waals surface area contributed by atoms with Gasteiger partial charge in [0, 0.05) is 23.6 Å². The lowest BCUT2D eigenvalue weighted by molar-refractivity contribution is 0.449. The predicted octanol–water partition coefficient (Wildman–Crippen LogP) is 3.26. The Hall–Kier alpha value is -0.980. The van der Waals surface area contributed by atoms with Crippen molar-refractivity contribution in [2.45, 2.75) is 37.6 Å². The van der Waals surface area contributed by atoms with Crippen LogP contribution < -0.4 is 5.32 Å². The molecule has 1 N–H and O–H groups in total. The van der Waals surface area contributed by atoms with Gasteiger partial charge in [0.2, 0.25) is 0 Å². The van der Waals surface area contributed by atoms with E-state index >= 15 is 0 Å². The van der Waals surface area contributed by atoms with E-state index in [9.17, 15) is 0 Å². The molecule has 0 saturated heterocycles. The Labute approximate surface area is 107 Å². The first kappa shape index (κ1) is 12.5. The second-order valence-corrected chi connectivity index (χ2v) is 5.43. The summed E-state index contributed by atoms with van der Waals surface area (Å²) >= 11 is 1.97. The molecule has 2 rings (SSSR count). The minimum Gasteiger partial charge on any atom is -0.305 e. The van der Waals surface area contributed by atoms with E-state index in [2.05, 4.69) is 42.6 Å². The third-order valence-electron chi connectivity index (χ3n) is 3.24. The van der Waals surface area contributed by atoms with E-state index in [-0.39, 0.29) is 0 Å². The zero-order valence-electron chi connectivity index (χ0n) is 10.1. The Bertz CT molecular complexity index is 411. The molecule has 0 saturated carbocycles. The third-order valence-corrected chi connectivity index (χ3v) is 4.32. The molecular formula is C14H18N2S. The van der Waals surface area contributed by atoms with Crippen LogP contribution in [0.4, 0.5) is 0 Å². The second kappa shape index (κ2) is 6.09. The first-order valence-corrected chi connectivity index (χ1v) is 7.29. The fourth-order valence-electron chi connectivity index (χ4n) is 2.24. The van der Waals surface area contributed by atoms with Crippen LogP contribution in [0.15, 0.2) is 24.3 Å². The van der Waals surface area contributed by atoms with Crippen LogP contribution in [-0.4, -0.2) is 11.8 Å². The predicted molar refractivity (Wildman–Crippen MR) is 72.8 cm³/mol. The van der Waals surface area contributed by atoms with Crippen LogP contribution in [0.3, 0.4) is 0 Å². The zero-order chi connectivity index (χ0) is 12.1. The molecule has 0 bridgehead atoms. The van der Waals surface area contributed by atoms with Crippen molar-refractivity contribution in [3.05, 3.63) is 35.4 Å². The summed E-state index contributed by atoms with van der Waals surface area (Å²) in [7, 11) is 0. The Morgan fingerprint density at radius 1 is 1.53 bits per heavy atom. The maximum Gasteiger partial charge on any atom is 0.0638 e. The monoisotopic (exact) mass is 246 g/mol. The van der Waals surface area contributed by atoms with Crippen LogP contribution >= 0.6 is 11.8 Å². The van der Waals surface area contributed by atoms with Crippen molar-refractivity contribution >= 4 is 11.8 Å². The van der Waals surface area contributed by atoms with Crippen LogP contribution in [-0.2, 0) is 5.75 Å². The summed E-state index contributed by atoms with van der Waals surface area (Å²) in [5.74, 6) is 2.22. The minimum absolute atomic E-state index is 0.316. The molecule has 2 nitrogen and oxygen atoms in total. The van der Waals surface area contributed by atoms with Gasteiger partial charge in [-0.2, -0.15) is 17.0 Å². The summed E-state index contributed by atoms with van der Waals surface area (Å²) in [5.41, 5.74) is 2.86. The number of hydrogen-bond acceptors (Lipinski definition) is 3. The number of nitrogens with zero attached hydrogens (tertiary/aromatic N) is 1. The highest BCUT2D eigenvalue weighted by molar-refractivity contribution is 7.98. The molecule has 1 aliphatic heterocycles. The lowest BCUT2D eigenvalue weighted by Crippen LogP contribution is -2.35. The normalized spacial score (nSPS) is 20.4. The van der Waals surface area contributed by atoms with Gasteiger partial charge < -0.3 is 5.32 Å². The van der Waals surface area contributed by atoms with Crippen molar-refractivity contribution in [2.24, 2.45) is 0 Å². The number of hydrogen-bond donors (Lipinski definition) is 1. The lowest BCUT2D eigenvalue weighted by atomic mass is 10.0. The Balaban J connectivity index is 2.10. The van der Waals surface area contributed by atoms with Gasteiger partial charge >= 0.3 is 0 Å². The van der Waals surface area contributed by atoms with Crippen LogP contribution in [0.2, 0.25) is 0 Å². The standard InChI is InChI=1S/C14H18N2S/c1-2-12(7-8-15)16-14-10-17-9-11-5-3-4-6-13(11)14/h3-6,12,14,16H,2,7,9-10H2,1H3. The summed E-state index contributed by atoms with van der Waals surface area (Å²) < 4.78 is 0. The van der Waals surface area contributed by atoms with Crippen molar-refractivity contribution in [1.82, 2.24) is 5.32 Å². The summed E-state index contributed by atoms with van der Waals surface area (Å²) in [6.45, 7) is 2.14. The summed E-state index contributed by atoms with van der Waals surface area (Å²) in [5, 5.41) is 12.4. The molecule has 1 aliphatic rings. The summed E-state index contributed by atoms with van der Waals surface area (Å²) in [4.78, 5) is 0. The smallest absolute Gasteiger partial charge is 0.0638 e. The number of thioether (sulfide) groups is 1. The van der Waals surface area contributed by atoms with Crippen LogP contribution in [0, 0.1) is 11.3 Å². The first-order chi connectivity index (χ1) is 8.35. The SMILES string of the molecule is CCC(CC#N)NC1CSCc2ccccc21. The van der Waals surface area contributed by atoms with Gasteiger partial charge in [-0.1, -0.05) is 31.2 Å². The topological polar surface area (TPSA) is 35.8 Å². The zero-order valence-corrected chi connectivity index (χ0v) is 11.0. The quantitative estimate of drug-likeness (QED) is 0.885. The van der Waals surface area contributed by atoms with Gasteiger partial charge in [-0.05, 0) is 17.5 Å². The first-order valence-electron chi connectivity index (χ1n) is 6.13. The van der Waals surface area contributed by atoms with Gasteiger partial charge in [-0.3, -0.25) is 0 Å². The largest absolute Gasteiger partial charge is 0.305 e. The minimum atomic E-state index is 0.316. The molecule has 0 radical (unpaired) electrons. The Morgan fingerprint density at radius 2 is 2.35 bits per heavy atom. The molecule has 90 valence electrons. The van der Waals surface area contributed by atoms with E-state index in [1.54, 1.807) is 0 Å². The second-order valence-electron chi connectivity index (χ2n) is 4.40. The van der Waals surface area contributed by atoms with Crippen LogP contribution in [0.25, 0.3) is 0 Å². The van der Waals surface area contributed by atoms with E-state index in [1.807, 2.05) is 11.8 Å². The highest BCUT2D eigenvalue weighted by Crippen LogP contribution is 2.31. The highest BCUT2D eigenvalue weighted by atomic mass is 32.2. The van der Waals surface area contributed by atoms with Crippen LogP contribution in [0.5, 0.6) is 0 Å². The molecule has 0 fully saturated rings. The molecule has 1 heterocycles. The van der Waals surface area contributed by atoms with Crippen molar-refractivity contribution in [1.29, 1.82) is 5.26 Å². The molecule has 0 spiro atoms. The molecule has 1 aromatic carbocycles. The molecule has 0 aliphatic carbocycles. The number of nitrogens with one attached hydrogen (secondary N) is 1. The summed E-state index contributed by atoms with van der Waals surface area (Å²) in [6, 6.07) is 11.6. The fourth-order valence-corrected chi connectivity index (χ4v) is 3.35. The van der Waals surface area contributed by atoms with Crippen molar-refractivity contribution < 1.29 is 0 Å². The van der Waals surface area contributed by atoms with E-state index in [0.29, 0.717) is 18.5 Å². The maximum absolute atomic E-state index is 8.80. The van der Waals surface area contributed by atoms with E-state index in [0.717, 1.165) is 17.9 Å². The van der Waals surface area contributed by atoms with Gasteiger partial charge in [0.05, 0.1) is 12.5 Å². The highest BCUT2D eigenvalue weighted by Gasteiger charge is 2.21. The van der Waals surface area contributed by atoms with Gasteiger partial charge in [0.1, 0.15) is 0 Å². The van der Waals surface area contributed by atoms with Gasteiger partial charge in [0.15, 0.2) is 0 Å². The van der Waals surface area contributed by atoms with Gasteiger partial charge in [-0.25, -0.2) is 0 Å². The molecule has 17 heavy (non-hydrogen) atoms. The average Bonchev–Trinajstić information content (AvgIpc) is 2.38. The van der Waals surface area contributed by atoms with Gasteiger partial charge in [-0.15, -0.1) is 0 Å². The number of benzene rings is 1. The van der Waals surface area contributed by atoms with Crippen molar-refractivity contribution in [2.75, 3.05) is 5.75 Å². The molecule has 0 aromatic heterocycles. The van der Waals surface area contributed by atoms with Crippen LogP contribution in [0.1, 0.15) is 36.9 Å². The average molecular weight is 246 g/mol. The number of fused-ring (bicyclic) bond motifs is 1. The van der Waals surface area contributed by atoms with Gasteiger partial charge in [0.25, 0.3) is 0 Å². The molecule has 3 heteroatoms. The number of rotatable bonds is 4. The molecule has 2 atom stereocenters. The van der Waals surface area contributed by atoms with E-state index in [1.165, 1.54) is 11.1 Å². The fraction of sp³-hybridized carbons (Fsp3) is 0.500. The van der Waals surface area contributed by atoms with E-state index < -0.39 is 0 Å². The Kier molecular flexibility index (Phi) is 4.47. The molecule has 2 unspecified atom stereocenters.